The van der Waals surface area contributed by atoms with Gasteiger partial charge in [0.25, 0.3) is 0 Å². The number of H-pyrrole nitrogens is 1. The summed E-state index contributed by atoms with van der Waals surface area (Å²) >= 11 is 8.43. The van der Waals surface area contributed by atoms with Crippen molar-refractivity contribution >= 4 is 45.2 Å². The molecule has 0 atom stereocenters. The summed E-state index contributed by atoms with van der Waals surface area (Å²) in [6, 6.07) is 6.29. The Bertz CT molecular complexity index is 803. The van der Waals surface area contributed by atoms with E-state index < -0.39 is 0 Å². The van der Waals surface area contributed by atoms with Gasteiger partial charge >= 0.3 is 0 Å². The molecule has 0 aliphatic heterocycles. The normalized spacial score (nSPS) is 11.0. The monoisotopic (exact) mass is 402 g/mol. The maximum Gasteiger partial charge on any atom is 0.138 e. The van der Waals surface area contributed by atoms with Gasteiger partial charge in [-0.25, -0.2) is 9.37 Å². The molecule has 0 fully saturated rings. The standard InChI is InChI=1S/C14H9ClFIN2O/c1-20-11-3-2-7(16)4-8(11)13-9-5-12(17)19-14(9)18-6-10(13)15/h2-6H,1H3,(H,18,19). The minimum Gasteiger partial charge on any atom is -0.496 e. The Hall–Kier alpha value is -1.34. The van der Waals surface area contributed by atoms with Crippen molar-refractivity contribution in [2.75, 3.05) is 7.11 Å². The number of benzene rings is 1. The zero-order valence-electron chi connectivity index (χ0n) is 10.4. The molecule has 6 heteroatoms. The molecule has 0 radical (unpaired) electrons. The van der Waals surface area contributed by atoms with E-state index in [1.54, 1.807) is 19.4 Å². The van der Waals surface area contributed by atoms with Crippen LogP contribution in [0.25, 0.3) is 22.2 Å². The third kappa shape index (κ3) is 2.25. The van der Waals surface area contributed by atoms with Crippen LogP contribution in [0, 0.1) is 9.52 Å². The Morgan fingerprint density at radius 1 is 1.35 bits per heavy atom. The Kier molecular flexibility index (Phi) is 3.55. The molecule has 1 N–H and O–H groups in total. The summed E-state index contributed by atoms with van der Waals surface area (Å²) < 4.78 is 19.8. The van der Waals surface area contributed by atoms with E-state index in [1.807, 2.05) is 6.07 Å². The number of methoxy groups -OCH3 is 1. The average Bonchev–Trinajstić information content (AvgIpc) is 2.79. The van der Waals surface area contributed by atoms with Crippen molar-refractivity contribution in [3.8, 4) is 16.9 Å². The second-order valence-electron chi connectivity index (χ2n) is 4.21. The van der Waals surface area contributed by atoms with E-state index in [4.69, 9.17) is 16.3 Å². The number of aromatic nitrogens is 2. The van der Waals surface area contributed by atoms with Gasteiger partial charge in [0.1, 0.15) is 17.2 Å². The third-order valence-electron chi connectivity index (χ3n) is 3.01. The van der Waals surface area contributed by atoms with Crippen LogP contribution in [0.5, 0.6) is 5.75 Å². The highest BCUT2D eigenvalue weighted by Gasteiger charge is 2.16. The second-order valence-corrected chi connectivity index (χ2v) is 5.77. The largest absolute Gasteiger partial charge is 0.496 e. The number of halogens is 3. The van der Waals surface area contributed by atoms with Crippen molar-refractivity contribution in [3.05, 3.63) is 45.0 Å². The quantitative estimate of drug-likeness (QED) is 0.635. The first-order valence-corrected chi connectivity index (χ1v) is 7.22. The van der Waals surface area contributed by atoms with E-state index in [0.717, 1.165) is 9.09 Å². The smallest absolute Gasteiger partial charge is 0.138 e. The number of rotatable bonds is 2. The zero-order chi connectivity index (χ0) is 14.3. The van der Waals surface area contributed by atoms with E-state index in [-0.39, 0.29) is 5.82 Å². The number of pyridine rings is 1. The minimum absolute atomic E-state index is 0.341. The lowest BCUT2D eigenvalue weighted by molar-refractivity contribution is 0.415. The van der Waals surface area contributed by atoms with Crippen molar-refractivity contribution < 1.29 is 9.13 Å². The molecule has 0 bridgehead atoms. The molecule has 0 aliphatic carbocycles. The highest BCUT2D eigenvalue weighted by molar-refractivity contribution is 14.1. The zero-order valence-corrected chi connectivity index (χ0v) is 13.3. The number of aromatic amines is 1. The van der Waals surface area contributed by atoms with E-state index in [2.05, 4.69) is 32.6 Å². The number of fused-ring (bicyclic) bond motifs is 1. The van der Waals surface area contributed by atoms with Gasteiger partial charge < -0.3 is 9.72 Å². The molecular weight excluding hydrogens is 394 g/mol. The highest BCUT2D eigenvalue weighted by Crippen LogP contribution is 2.39. The fraction of sp³-hybridized carbons (Fsp3) is 0.0714. The molecule has 0 amide bonds. The third-order valence-corrected chi connectivity index (χ3v) is 3.88. The van der Waals surface area contributed by atoms with Crippen LogP contribution in [0.15, 0.2) is 30.5 Å². The van der Waals surface area contributed by atoms with Gasteiger partial charge in [-0.1, -0.05) is 11.6 Å². The molecule has 0 saturated heterocycles. The van der Waals surface area contributed by atoms with Crippen LogP contribution in [-0.2, 0) is 0 Å². The fourth-order valence-corrected chi connectivity index (χ4v) is 2.99. The first kappa shape index (κ1) is 13.6. The maximum absolute atomic E-state index is 13.6. The molecule has 20 heavy (non-hydrogen) atoms. The van der Waals surface area contributed by atoms with Crippen LogP contribution in [-0.4, -0.2) is 17.1 Å². The molecule has 0 aliphatic rings. The van der Waals surface area contributed by atoms with E-state index in [9.17, 15) is 4.39 Å². The average molecular weight is 403 g/mol. The van der Waals surface area contributed by atoms with Gasteiger partial charge in [0.2, 0.25) is 0 Å². The topological polar surface area (TPSA) is 37.9 Å². The molecule has 2 heterocycles. The highest BCUT2D eigenvalue weighted by atomic mass is 127. The van der Waals surface area contributed by atoms with Crippen molar-refractivity contribution in [3.63, 3.8) is 0 Å². The predicted molar refractivity (Wildman–Crippen MR) is 85.8 cm³/mol. The Morgan fingerprint density at radius 3 is 2.90 bits per heavy atom. The molecule has 2 aromatic heterocycles. The van der Waals surface area contributed by atoms with Crippen molar-refractivity contribution in [1.29, 1.82) is 0 Å². The molecule has 3 rings (SSSR count). The molecule has 0 saturated carbocycles. The van der Waals surface area contributed by atoms with Crippen LogP contribution in [0.4, 0.5) is 4.39 Å². The van der Waals surface area contributed by atoms with Crippen molar-refractivity contribution in [2.24, 2.45) is 0 Å². The second kappa shape index (κ2) is 5.21. The van der Waals surface area contributed by atoms with Crippen LogP contribution in [0.1, 0.15) is 0 Å². The van der Waals surface area contributed by atoms with Gasteiger partial charge in [-0.15, -0.1) is 0 Å². The first-order valence-electron chi connectivity index (χ1n) is 5.77. The van der Waals surface area contributed by atoms with Crippen LogP contribution in [0.2, 0.25) is 5.02 Å². The summed E-state index contributed by atoms with van der Waals surface area (Å²) in [5.74, 6) is 0.226. The fourth-order valence-electron chi connectivity index (χ4n) is 2.17. The van der Waals surface area contributed by atoms with Crippen molar-refractivity contribution in [2.45, 2.75) is 0 Å². The lowest BCUT2D eigenvalue weighted by atomic mass is 10.0. The maximum atomic E-state index is 13.6. The van der Waals surface area contributed by atoms with Gasteiger partial charge in [0.15, 0.2) is 0 Å². The summed E-state index contributed by atoms with van der Waals surface area (Å²) in [7, 11) is 1.55. The number of hydrogen-bond donors (Lipinski definition) is 1. The van der Waals surface area contributed by atoms with E-state index in [1.165, 1.54) is 12.1 Å². The lowest BCUT2D eigenvalue weighted by Gasteiger charge is -2.11. The Labute approximate surface area is 133 Å². The molecule has 102 valence electrons. The van der Waals surface area contributed by atoms with E-state index >= 15 is 0 Å². The number of nitrogens with zero attached hydrogens (tertiary/aromatic N) is 1. The first-order chi connectivity index (χ1) is 9.60. The van der Waals surface area contributed by atoms with Crippen LogP contribution in [0.3, 0.4) is 0 Å². The summed E-state index contributed by atoms with van der Waals surface area (Å²) in [6.45, 7) is 0. The van der Waals surface area contributed by atoms with Crippen LogP contribution < -0.4 is 4.74 Å². The van der Waals surface area contributed by atoms with Gasteiger partial charge in [-0.3, -0.25) is 0 Å². The van der Waals surface area contributed by atoms with Gasteiger partial charge in [-0.2, -0.15) is 0 Å². The molecular formula is C14H9ClFIN2O. The number of ether oxygens (including phenoxy) is 1. The van der Waals surface area contributed by atoms with E-state index in [0.29, 0.717) is 27.5 Å². The molecule has 1 aromatic carbocycles. The minimum atomic E-state index is -0.341. The molecule has 3 nitrogen and oxygen atoms in total. The van der Waals surface area contributed by atoms with Gasteiger partial charge in [0.05, 0.1) is 15.8 Å². The molecule has 3 aromatic rings. The Morgan fingerprint density at radius 2 is 2.15 bits per heavy atom. The summed E-state index contributed by atoms with van der Waals surface area (Å²) in [6.07, 6.45) is 1.55. The molecule has 0 spiro atoms. The number of nitrogens with one attached hydrogen (secondary N) is 1. The van der Waals surface area contributed by atoms with Gasteiger partial charge in [-0.05, 0) is 46.9 Å². The lowest BCUT2D eigenvalue weighted by Crippen LogP contribution is -1.91. The Balaban J connectivity index is 2.39. The molecule has 0 unspecified atom stereocenters. The summed E-state index contributed by atoms with van der Waals surface area (Å²) in [5.41, 5.74) is 2.03. The van der Waals surface area contributed by atoms with Gasteiger partial charge in [0, 0.05) is 22.7 Å². The number of hydrogen-bond acceptors (Lipinski definition) is 2. The summed E-state index contributed by atoms with van der Waals surface area (Å²) in [4.78, 5) is 7.37. The van der Waals surface area contributed by atoms with Crippen molar-refractivity contribution in [1.82, 2.24) is 9.97 Å². The van der Waals surface area contributed by atoms with Crippen LogP contribution >= 0.6 is 34.2 Å². The summed E-state index contributed by atoms with van der Waals surface area (Å²) in [5, 5.41) is 1.29. The predicted octanol–water partition coefficient (Wildman–Crippen LogP) is 4.64. The SMILES string of the molecule is COc1ccc(F)cc1-c1c(Cl)cnc2[nH]c(I)cc12.